The molecule has 0 saturated heterocycles. The first-order chi connectivity index (χ1) is 14.8. The number of nitrogens with zero attached hydrogens (tertiary/aromatic N) is 5. The Hall–Kier alpha value is -3.89. The van der Waals surface area contributed by atoms with E-state index in [2.05, 4.69) is 15.5 Å². The highest BCUT2D eigenvalue weighted by Crippen LogP contribution is 2.28. The van der Waals surface area contributed by atoms with E-state index in [0.29, 0.717) is 29.4 Å². The minimum Gasteiger partial charge on any atom is -0.493 e. The van der Waals surface area contributed by atoms with E-state index in [-0.39, 0.29) is 24.6 Å². The van der Waals surface area contributed by atoms with E-state index in [4.69, 9.17) is 9.47 Å². The van der Waals surface area contributed by atoms with Crippen LogP contribution in [0, 0.1) is 24.0 Å². The van der Waals surface area contributed by atoms with Crippen molar-refractivity contribution in [2.24, 2.45) is 0 Å². The highest BCUT2D eigenvalue weighted by Gasteiger charge is 2.16. The molecule has 3 aromatic rings. The molecular formula is C20H24N6O5. The molecule has 3 rings (SSSR count). The lowest BCUT2D eigenvalue weighted by molar-refractivity contribution is -0.385. The SMILES string of the molecule is COc1ccc(Cn2nc(C)c(NC(=O)CCn3cc([N+](=O)[O-])cn3)c2C)cc1OC. The summed E-state index contributed by atoms with van der Waals surface area (Å²) in [7, 11) is 3.17. The van der Waals surface area contributed by atoms with Gasteiger partial charge in [0.05, 0.1) is 42.8 Å². The van der Waals surface area contributed by atoms with Crippen LogP contribution in [0.1, 0.15) is 23.4 Å². The Morgan fingerprint density at radius 3 is 2.61 bits per heavy atom. The van der Waals surface area contributed by atoms with Crippen LogP contribution in [-0.2, 0) is 17.9 Å². The first-order valence-electron chi connectivity index (χ1n) is 9.54. The molecule has 0 saturated carbocycles. The van der Waals surface area contributed by atoms with Crippen molar-refractivity contribution in [2.45, 2.75) is 33.4 Å². The van der Waals surface area contributed by atoms with Gasteiger partial charge in [0, 0.05) is 13.0 Å². The van der Waals surface area contributed by atoms with Crippen molar-refractivity contribution >= 4 is 17.3 Å². The molecule has 2 heterocycles. The minimum atomic E-state index is -0.525. The van der Waals surface area contributed by atoms with Crippen LogP contribution in [0.15, 0.2) is 30.6 Å². The summed E-state index contributed by atoms with van der Waals surface area (Å²) in [5.74, 6) is 1.05. The second kappa shape index (κ2) is 9.28. The number of amides is 1. The Morgan fingerprint density at radius 2 is 1.97 bits per heavy atom. The van der Waals surface area contributed by atoms with Gasteiger partial charge in [-0.15, -0.1) is 0 Å². The molecule has 0 atom stereocenters. The molecule has 0 radical (unpaired) electrons. The maximum atomic E-state index is 12.4. The van der Waals surface area contributed by atoms with Crippen LogP contribution in [0.25, 0.3) is 0 Å². The molecule has 0 aliphatic heterocycles. The van der Waals surface area contributed by atoms with Gasteiger partial charge in [0.1, 0.15) is 12.4 Å². The van der Waals surface area contributed by atoms with Gasteiger partial charge in [0.15, 0.2) is 11.5 Å². The lowest BCUT2D eigenvalue weighted by atomic mass is 10.2. The van der Waals surface area contributed by atoms with Crippen molar-refractivity contribution in [3.63, 3.8) is 0 Å². The van der Waals surface area contributed by atoms with Crippen molar-refractivity contribution in [1.29, 1.82) is 0 Å². The van der Waals surface area contributed by atoms with E-state index in [1.807, 2.05) is 36.7 Å². The maximum Gasteiger partial charge on any atom is 0.306 e. The molecule has 11 heteroatoms. The Kier molecular flexibility index (Phi) is 6.53. The quantitative estimate of drug-likeness (QED) is 0.410. The molecule has 31 heavy (non-hydrogen) atoms. The number of benzene rings is 1. The fourth-order valence-corrected chi connectivity index (χ4v) is 3.17. The topological polar surface area (TPSA) is 126 Å². The van der Waals surface area contributed by atoms with Crippen molar-refractivity contribution < 1.29 is 19.2 Å². The zero-order valence-corrected chi connectivity index (χ0v) is 17.8. The molecule has 0 bridgehead atoms. The number of ether oxygens (including phenoxy) is 2. The van der Waals surface area contributed by atoms with Gasteiger partial charge in [0.2, 0.25) is 5.91 Å². The van der Waals surface area contributed by atoms with Gasteiger partial charge in [-0.25, -0.2) is 0 Å². The van der Waals surface area contributed by atoms with Crippen molar-refractivity contribution in [1.82, 2.24) is 19.6 Å². The number of carbonyl (C=O) groups is 1. The summed E-state index contributed by atoms with van der Waals surface area (Å²) >= 11 is 0. The zero-order chi connectivity index (χ0) is 22.5. The van der Waals surface area contributed by atoms with Gasteiger partial charge >= 0.3 is 5.69 Å². The van der Waals surface area contributed by atoms with Crippen LogP contribution in [0.3, 0.4) is 0 Å². The molecule has 1 amide bonds. The predicted octanol–water partition coefficient (Wildman–Crippen LogP) is 2.70. The first kappa shape index (κ1) is 21.8. The van der Waals surface area contributed by atoms with E-state index in [0.717, 1.165) is 17.5 Å². The molecule has 0 spiro atoms. The van der Waals surface area contributed by atoms with Gasteiger partial charge in [-0.2, -0.15) is 10.2 Å². The number of nitro groups is 1. The summed E-state index contributed by atoms with van der Waals surface area (Å²) in [5.41, 5.74) is 3.03. The number of carbonyl (C=O) groups excluding carboxylic acids is 1. The highest BCUT2D eigenvalue weighted by molar-refractivity contribution is 5.91. The molecule has 0 aliphatic rings. The molecule has 1 aromatic carbocycles. The summed E-state index contributed by atoms with van der Waals surface area (Å²) in [6.07, 6.45) is 2.58. The predicted molar refractivity (Wildman–Crippen MR) is 112 cm³/mol. The summed E-state index contributed by atoms with van der Waals surface area (Å²) < 4.78 is 13.8. The van der Waals surface area contributed by atoms with Gasteiger partial charge < -0.3 is 14.8 Å². The normalized spacial score (nSPS) is 10.7. The number of anilines is 1. The van der Waals surface area contributed by atoms with Crippen LogP contribution in [-0.4, -0.2) is 44.6 Å². The van der Waals surface area contributed by atoms with E-state index >= 15 is 0 Å². The largest absolute Gasteiger partial charge is 0.493 e. The van der Waals surface area contributed by atoms with Crippen LogP contribution >= 0.6 is 0 Å². The summed E-state index contributed by atoms with van der Waals surface area (Å²) in [5, 5.41) is 22.0. The van der Waals surface area contributed by atoms with E-state index in [1.54, 1.807) is 14.2 Å². The molecule has 164 valence electrons. The molecule has 0 aliphatic carbocycles. The number of hydrogen-bond acceptors (Lipinski definition) is 7. The van der Waals surface area contributed by atoms with Crippen molar-refractivity contribution in [3.05, 3.63) is 57.7 Å². The number of aryl methyl sites for hydroxylation is 2. The van der Waals surface area contributed by atoms with Gasteiger partial charge in [-0.05, 0) is 31.5 Å². The second-order valence-corrected chi connectivity index (χ2v) is 6.91. The lowest BCUT2D eigenvalue weighted by Gasteiger charge is -2.11. The average molecular weight is 428 g/mol. The number of aromatic nitrogens is 4. The molecule has 0 unspecified atom stereocenters. The monoisotopic (exact) mass is 428 g/mol. The van der Waals surface area contributed by atoms with Gasteiger partial charge in [0.25, 0.3) is 0 Å². The number of hydrogen-bond donors (Lipinski definition) is 1. The van der Waals surface area contributed by atoms with Gasteiger partial charge in [-0.3, -0.25) is 24.3 Å². The fraction of sp³-hybridized carbons (Fsp3) is 0.350. The third kappa shape index (κ3) is 5.00. The van der Waals surface area contributed by atoms with Crippen molar-refractivity contribution in [2.75, 3.05) is 19.5 Å². The van der Waals surface area contributed by atoms with Crippen molar-refractivity contribution in [3.8, 4) is 11.5 Å². The average Bonchev–Trinajstić information content (AvgIpc) is 3.33. The smallest absolute Gasteiger partial charge is 0.306 e. The number of nitrogens with one attached hydrogen (secondary N) is 1. The van der Waals surface area contributed by atoms with E-state index in [9.17, 15) is 14.9 Å². The Morgan fingerprint density at radius 1 is 1.23 bits per heavy atom. The standard InChI is InChI=1S/C20H24N6O5/c1-13-20(22-19(27)7-8-24-12-16(10-21-24)26(28)29)14(2)25(23-13)11-15-5-6-17(30-3)18(9-15)31-4/h5-6,9-10,12H,7-8,11H2,1-4H3,(H,22,27). The summed E-state index contributed by atoms with van der Waals surface area (Å²) in [6.45, 7) is 4.44. The Bertz CT molecular complexity index is 1100. The molecule has 11 nitrogen and oxygen atoms in total. The third-order valence-electron chi connectivity index (χ3n) is 4.82. The zero-order valence-electron chi connectivity index (χ0n) is 17.8. The van der Waals surface area contributed by atoms with E-state index in [1.165, 1.54) is 10.9 Å². The van der Waals surface area contributed by atoms with Crippen LogP contribution in [0.5, 0.6) is 11.5 Å². The molecular weight excluding hydrogens is 404 g/mol. The van der Waals surface area contributed by atoms with Crippen LogP contribution < -0.4 is 14.8 Å². The molecule has 2 aromatic heterocycles. The Labute approximate surface area is 178 Å². The maximum absolute atomic E-state index is 12.4. The summed E-state index contributed by atoms with van der Waals surface area (Å²) in [6, 6.07) is 5.65. The number of methoxy groups -OCH3 is 2. The van der Waals surface area contributed by atoms with E-state index < -0.39 is 4.92 Å². The fourth-order valence-electron chi connectivity index (χ4n) is 3.17. The molecule has 0 fully saturated rings. The third-order valence-corrected chi connectivity index (χ3v) is 4.82. The number of rotatable bonds is 9. The lowest BCUT2D eigenvalue weighted by Crippen LogP contribution is -2.16. The minimum absolute atomic E-state index is 0.108. The van der Waals surface area contributed by atoms with Crippen LogP contribution in [0.2, 0.25) is 0 Å². The molecule has 1 N–H and O–H groups in total. The highest BCUT2D eigenvalue weighted by atomic mass is 16.6. The second-order valence-electron chi connectivity index (χ2n) is 6.91. The first-order valence-corrected chi connectivity index (χ1v) is 9.54. The van der Waals surface area contributed by atoms with Gasteiger partial charge in [-0.1, -0.05) is 6.07 Å². The summed E-state index contributed by atoms with van der Waals surface area (Å²) in [4.78, 5) is 22.6. The van der Waals surface area contributed by atoms with Crippen LogP contribution in [0.4, 0.5) is 11.4 Å². The Balaban J connectivity index is 1.66.